The van der Waals surface area contributed by atoms with E-state index in [4.69, 9.17) is 41.0 Å². The summed E-state index contributed by atoms with van der Waals surface area (Å²) < 4.78 is 29.8. The molecule has 0 saturated carbocycles. The summed E-state index contributed by atoms with van der Waals surface area (Å²) in [5.74, 6) is -4.05. The molecule has 3 heterocycles. The van der Waals surface area contributed by atoms with E-state index < -0.39 is 83.4 Å². The number of amides is 5. The van der Waals surface area contributed by atoms with Crippen LogP contribution in [0.4, 0.5) is 21.0 Å². The maximum atomic E-state index is 14.4. The largest absolute Gasteiger partial charge is 0.465 e. The minimum atomic E-state index is -1.63. The van der Waals surface area contributed by atoms with Gasteiger partial charge in [0, 0.05) is 73.4 Å². The number of primary amides is 1. The van der Waals surface area contributed by atoms with E-state index in [1.807, 2.05) is 45.9 Å². The third kappa shape index (κ3) is 19.2. The summed E-state index contributed by atoms with van der Waals surface area (Å²) >= 11 is 17.0. The van der Waals surface area contributed by atoms with Crippen molar-refractivity contribution in [1.29, 1.82) is 0 Å². The van der Waals surface area contributed by atoms with Crippen molar-refractivity contribution in [1.82, 2.24) is 10.6 Å². The molecule has 3 aliphatic rings. The molecule has 19 nitrogen and oxygen atoms in total. The Morgan fingerprint density at radius 1 is 1.02 bits per heavy atom. The lowest BCUT2D eigenvalue weighted by Crippen LogP contribution is -2.53. The highest BCUT2D eigenvalue weighted by Gasteiger charge is 2.64. The maximum Gasteiger partial charge on any atom is 0.412 e. The third-order valence-electron chi connectivity index (χ3n) is 15.4. The number of rotatable bonds is 24. The number of anilines is 2. The zero-order valence-electron chi connectivity index (χ0n) is 47.9. The normalized spacial score (nSPS) is 24.7. The molecular weight excluding hydrogens is 1280 g/mol. The topological polar surface area (TPSA) is 272 Å². The summed E-state index contributed by atoms with van der Waals surface area (Å²) in [6.45, 7) is 11.4. The van der Waals surface area contributed by atoms with Gasteiger partial charge in [-0.05, 0) is 116 Å². The molecule has 5 amide bonds. The van der Waals surface area contributed by atoms with Crippen LogP contribution in [0.25, 0.3) is 0 Å². The number of methoxy groups -OCH3 is 1. The third-order valence-corrected chi connectivity index (χ3v) is 18.1. The molecule has 2 aromatic carbocycles. The lowest BCUT2D eigenvalue weighted by molar-refractivity contribution is -0.187. The van der Waals surface area contributed by atoms with Crippen molar-refractivity contribution in [3.63, 3.8) is 0 Å². The number of halogens is 4. The van der Waals surface area contributed by atoms with E-state index in [0.29, 0.717) is 63.5 Å². The first kappa shape index (κ1) is 68.1. The molecule has 82 heavy (non-hydrogen) atoms. The lowest BCUT2D eigenvalue weighted by Gasteiger charge is -2.41. The van der Waals surface area contributed by atoms with Crippen LogP contribution >= 0.6 is 59.4 Å². The number of carbonyl (C=O) groups is 8. The van der Waals surface area contributed by atoms with Gasteiger partial charge < -0.3 is 50.1 Å². The fraction of sp³-hybridized carbons (Fsp3) is 0.593. The van der Waals surface area contributed by atoms with Gasteiger partial charge in [-0.1, -0.05) is 100 Å². The number of aliphatic hydroxyl groups is 1. The number of allylic oxidation sites excluding steroid dienone is 3. The number of alkyl halides is 2. The van der Waals surface area contributed by atoms with E-state index >= 15 is 0 Å². The number of urea groups is 1. The van der Waals surface area contributed by atoms with Crippen LogP contribution in [0.2, 0.25) is 5.02 Å². The van der Waals surface area contributed by atoms with Crippen molar-refractivity contribution in [2.45, 2.75) is 160 Å². The Hall–Kier alpha value is -4.71. The van der Waals surface area contributed by atoms with Gasteiger partial charge in [-0.3, -0.25) is 34.1 Å². The molecule has 2 saturated heterocycles. The van der Waals surface area contributed by atoms with E-state index in [2.05, 4.69) is 63.7 Å². The summed E-state index contributed by atoms with van der Waals surface area (Å²) in [5.41, 5.74) is 6.19. The second-order valence-electron chi connectivity index (χ2n) is 22.3. The molecule has 0 aromatic heterocycles. The number of ketones is 2. The SMILES string of the molecule is CO[C@@H]1/C=C/C=C(\C)Cc2cc(C)c(Cl)c(c2)N(C)C(=O)C[C@H](OC(=O)Nc2ccc(CC(=O)[C@H](CCCNC(N)=O)NC(=O)[C@@H](CC(=O)CCCCCOC(=O)C(CBr)CBr)C(C)C)cc2Br)[C@]2(C)O[C@H]2[C@H](C)[C@@H]2C[C@@]1(O)CC(=O)O2. The number of nitrogens with two attached hydrogens (primary N) is 1. The number of nitrogens with zero attached hydrogens (tertiary/aromatic N) is 1. The van der Waals surface area contributed by atoms with E-state index in [1.54, 1.807) is 51.2 Å². The van der Waals surface area contributed by atoms with Gasteiger partial charge in [0.05, 0.1) is 53.9 Å². The Balaban J connectivity index is 1.30. The Morgan fingerprint density at radius 2 is 1.74 bits per heavy atom. The van der Waals surface area contributed by atoms with Gasteiger partial charge in [-0.15, -0.1) is 0 Å². The van der Waals surface area contributed by atoms with Crippen molar-refractivity contribution < 1.29 is 67.1 Å². The van der Waals surface area contributed by atoms with E-state index in [9.17, 15) is 43.5 Å². The number of benzene rings is 2. The van der Waals surface area contributed by atoms with Crippen molar-refractivity contribution in [3.8, 4) is 0 Å². The van der Waals surface area contributed by atoms with Crippen LogP contribution in [0.3, 0.4) is 0 Å². The number of aryl methyl sites for hydroxylation is 1. The van der Waals surface area contributed by atoms with Gasteiger partial charge in [-0.25, -0.2) is 9.59 Å². The number of Topliss-reactive ketones (excluding diaryl/α,β-unsaturated/α-hetero) is 2. The lowest BCUT2D eigenvalue weighted by atomic mass is 9.78. The number of nitrogens with one attached hydrogen (secondary N) is 3. The van der Waals surface area contributed by atoms with Crippen LogP contribution in [0.1, 0.15) is 116 Å². The van der Waals surface area contributed by atoms with Gasteiger partial charge >= 0.3 is 24.1 Å². The van der Waals surface area contributed by atoms with E-state index in [0.717, 1.165) is 16.7 Å². The zero-order chi connectivity index (χ0) is 60.6. The molecule has 4 bridgehead atoms. The summed E-state index contributed by atoms with van der Waals surface area (Å²) in [6, 6.07) is 6.88. The standard InChI is InChI=1S/C59H79Br3ClN5O14/c1-33(2)41(27-40(69)15-10-9-11-21-79-55(74)39(31-60)32-61)54(73)66-44(16-13-20-65-56(64)75)46(70)26-37-18-19-43(42(62)24-37)67-57(76)81-49-28-50(71)68(7)45-25-38(23-35(4)52(45)63)22-34(3)14-12-17-48(78-8)59(77)29-47(80-51(72)30-59)36(5)53-58(49,6)82-53/h12,14,17-19,23-25,33,36,39,41,44,47-49,53,77H,9-11,13,15-16,20-22,26-32H2,1-8H3,(H,66,73)(H,67,76)(H3,64,65,75)/b17-12+,34-14+/t36-,41+,44+,47+,48-,49+,53+,58+,59-/m1/s1. The number of carbonyl (C=O) groups excluding carboxylic acids is 8. The molecule has 0 aliphatic carbocycles. The number of hydrogen-bond donors (Lipinski definition) is 5. The molecule has 2 fully saturated rings. The molecule has 3 aliphatic heterocycles. The average molecular weight is 1360 g/mol. The Morgan fingerprint density at radius 3 is 2.40 bits per heavy atom. The van der Waals surface area contributed by atoms with Crippen molar-refractivity contribution in [2.75, 3.05) is 48.2 Å². The number of esters is 2. The van der Waals surface area contributed by atoms with Crippen LogP contribution in [0, 0.1) is 30.6 Å². The number of epoxide rings is 1. The molecule has 23 heteroatoms. The summed E-state index contributed by atoms with van der Waals surface area (Å²) in [7, 11) is 3.05. The van der Waals surface area contributed by atoms with Crippen LogP contribution in [0.15, 0.2) is 58.6 Å². The highest BCUT2D eigenvalue weighted by molar-refractivity contribution is 9.10. The second-order valence-corrected chi connectivity index (χ2v) is 24.8. The number of unbranched alkanes of at least 4 members (excludes halogenated alkanes) is 2. The first-order valence-corrected chi connectivity index (χ1v) is 31.1. The summed E-state index contributed by atoms with van der Waals surface area (Å²) in [6.07, 6.45) is 3.03. The molecule has 0 radical (unpaired) electrons. The Kier molecular flexibility index (Phi) is 26.1. The molecule has 0 spiro atoms. The summed E-state index contributed by atoms with van der Waals surface area (Å²) in [5, 5.41) is 21.5. The minimum absolute atomic E-state index is 0.0147. The quantitative estimate of drug-likeness (QED) is 0.0215. The molecule has 9 atom stereocenters. The fourth-order valence-corrected chi connectivity index (χ4v) is 12.8. The highest BCUT2D eigenvalue weighted by atomic mass is 79.9. The molecule has 5 rings (SSSR count). The zero-order valence-corrected chi connectivity index (χ0v) is 53.4. The van der Waals surface area contributed by atoms with Gasteiger partial charge in [0.25, 0.3) is 0 Å². The smallest absolute Gasteiger partial charge is 0.412 e. The second kappa shape index (κ2) is 31.4. The van der Waals surface area contributed by atoms with Crippen LogP contribution in [-0.2, 0) is 65.3 Å². The fourth-order valence-electron chi connectivity index (χ4n) is 10.4. The minimum Gasteiger partial charge on any atom is -0.465 e. The predicted molar refractivity (Wildman–Crippen MR) is 322 cm³/mol. The van der Waals surface area contributed by atoms with Gasteiger partial charge in [0.2, 0.25) is 11.8 Å². The Labute approximate surface area is 511 Å². The van der Waals surface area contributed by atoms with Crippen molar-refractivity contribution in [2.24, 2.45) is 29.4 Å². The molecule has 452 valence electrons. The van der Waals surface area contributed by atoms with Crippen LogP contribution < -0.4 is 26.6 Å². The van der Waals surface area contributed by atoms with Crippen molar-refractivity contribution in [3.05, 3.63) is 80.3 Å². The van der Waals surface area contributed by atoms with Gasteiger partial charge in [0.1, 0.15) is 35.3 Å². The van der Waals surface area contributed by atoms with Crippen LogP contribution in [-0.4, -0.2) is 132 Å². The predicted octanol–water partition coefficient (Wildman–Crippen LogP) is 9.47. The maximum absolute atomic E-state index is 14.4. The number of hydrogen-bond acceptors (Lipinski definition) is 14. The van der Waals surface area contributed by atoms with E-state index in [-0.39, 0.29) is 93.2 Å². The monoisotopic (exact) mass is 1350 g/mol. The van der Waals surface area contributed by atoms with Gasteiger partial charge in [0.15, 0.2) is 5.78 Å². The first-order valence-electron chi connectivity index (χ1n) is 27.7. The van der Waals surface area contributed by atoms with Gasteiger partial charge in [-0.2, -0.15) is 0 Å². The van der Waals surface area contributed by atoms with Crippen LogP contribution in [0.5, 0.6) is 0 Å². The van der Waals surface area contributed by atoms with E-state index in [1.165, 1.54) is 12.0 Å². The molecule has 2 aromatic rings. The molecule has 6 N–H and O–H groups in total. The molecular formula is C59H79Br3ClN5O14. The Bertz CT molecular complexity index is 2710. The average Bonchev–Trinajstić information content (AvgIpc) is 3.51. The molecule has 0 unspecified atom stereocenters. The summed E-state index contributed by atoms with van der Waals surface area (Å²) in [4.78, 5) is 108. The first-order chi connectivity index (χ1) is 38.7. The number of ether oxygens (including phenoxy) is 5. The van der Waals surface area contributed by atoms with Crippen molar-refractivity contribution >= 4 is 118 Å². The number of fused-ring (bicyclic) bond motifs is 5. The highest BCUT2D eigenvalue weighted by Crippen LogP contribution is 2.50.